The van der Waals surface area contributed by atoms with Crippen LogP contribution in [0.15, 0.2) is 54.6 Å². The van der Waals surface area contributed by atoms with Crippen LogP contribution in [-0.4, -0.2) is 37.5 Å². The Labute approximate surface area is 159 Å². The van der Waals surface area contributed by atoms with Crippen LogP contribution in [0.5, 0.6) is 0 Å². The van der Waals surface area contributed by atoms with Crippen molar-refractivity contribution >= 4 is 28.9 Å². The topological polar surface area (TPSA) is 78.7 Å². The highest BCUT2D eigenvalue weighted by Gasteiger charge is 2.34. The van der Waals surface area contributed by atoms with Gasteiger partial charge in [-0.05, 0) is 30.2 Å². The van der Waals surface area contributed by atoms with Gasteiger partial charge < -0.3 is 20.9 Å². The number of carbonyl (C=O) groups is 2. The highest BCUT2D eigenvalue weighted by molar-refractivity contribution is 6.04. The number of anilines is 3. The normalized spacial score (nSPS) is 18.1. The second-order valence-corrected chi connectivity index (χ2v) is 7.16. The van der Waals surface area contributed by atoms with Gasteiger partial charge in [0.05, 0.1) is 24.0 Å². The smallest absolute Gasteiger partial charge is 0.251 e. The molecule has 0 fully saturated rings. The molecule has 0 radical (unpaired) electrons. The van der Waals surface area contributed by atoms with Crippen LogP contribution in [0.3, 0.4) is 0 Å². The zero-order chi connectivity index (χ0) is 19.6. The number of benzene rings is 2. The molecule has 142 valence electrons. The molecule has 27 heavy (non-hydrogen) atoms. The van der Waals surface area contributed by atoms with Gasteiger partial charge in [-0.2, -0.15) is 0 Å². The summed E-state index contributed by atoms with van der Waals surface area (Å²) in [6, 6.07) is 16.2. The fourth-order valence-corrected chi connectivity index (χ4v) is 3.22. The monoisotopic (exact) mass is 366 g/mol. The van der Waals surface area contributed by atoms with Crippen LogP contribution in [0.25, 0.3) is 0 Å². The summed E-state index contributed by atoms with van der Waals surface area (Å²) in [5.41, 5.74) is 8.66. The van der Waals surface area contributed by atoms with Crippen molar-refractivity contribution in [2.24, 2.45) is 11.7 Å². The average molecular weight is 366 g/mol. The molecule has 2 atom stereocenters. The van der Waals surface area contributed by atoms with Gasteiger partial charge in [-0.25, -0.2) is 0 Å². The minimum absolute atomic E-state index is 0.00830. The summed E-state index contributed by atoms with van der Waals surface area (Å²) in [6.07, 6.45) is 0. The summed E-state index contributed by atoms with van der Waals surface area (Å²) in [6.45, 7) is 4.11. The molecule has 1 aliphatic rings. The predicted molar refractivity (Wildman–Crippen MR) is 108 cm³/mol. The molecule has 2 amide bonds. The SMILES string of the molecule is CC(C)[C@H](N)C(=O)NC1CN(c2ccccc2)c2ccccc2N(C)C1=O. The molecular weight excluding hydrogens is 340 g/mol. The molecule has 0 saturated heterocycles. The second kappa shape index (κ2) is 7.80. The van der Waals surface area contributed by atoms with Crippen molar-refractivity contribution in [2.45, 2.75) is 25.9 Å². The average Bonchev–Trinajstić information content (AvgIpc) is 2.78. The van der Waals surface area contributed by atoms with E-state index in [1.165, 1.54) is 0 Å². The van der Waals surface area contributed by atoms with E-state index >= 15 is 0 Å². The first-order valence-electron chi connectivity index (χ1n) is 9.15. The first kappa shape index (κ1) is 18.9. The van der Waals surface area contributed by atoms with Crippen LogP contribution >= 0.6 is 0 Å². The van der Waals surface area contributed by atoms with Crippen molar-refractivity contribution in [1.82, 2.24) is 5.32 Å². The van der Waals surface area contributed by atoms with Gasteiger partial charge in [0.1, 0.15) is 6.04 Å². The van der Waals surface area contributed by atoms with Crippen molar-refractivity contribution in [3.8, 4) is 0 Å². The third kappa shape index (κ3) is 3.80. The lowest BCUT2D eigenvalue weighted by molar-refractivity contribution is -0.128. The highest BCUT2D eigenvalue weighted by atomic mass is 16.2. The Morgan fingerprint density at radius 1 is 1.07 bits per heavy atom. The third-order valence-corrected chi connectivity index (χ3v) is 4.93. The molecule has 1 heterocycles. The van der Waals surface area contributed by atoms with E-state index in [4.69, 9.17) is 5.73 Å². The van der Waals surface area contributed by atoms with Gasteiger partial charge >= 0.3 is 0 Å². The van der Waals surface area contributed by atoms with Gasteiger partial charge in [-0.15, -0.1) is 0 Å². The highest BCUT2D eigenvalue weighted by Crippen LogP contribution is 2.36. The van der Waals surface area contributed by atoms with Crippen molar-refractivity contribution in [3.63, 3.8) is 0 Å². The van der Waals surface area contributed by atoms with Gasteiger partial charge in [0.15, 0.2) is 0 Å². The van der Waals surface area contributed by atoms with Crippen molar-refractivity contribution in [3.05, 3.63) is 54.6 Å². The van der Waals surface area contributed by atoms with Crippen LogP contribution in [0, 0.1) is 5.92 Å². The maximum atomic E-state index is 13.1. The van der Waals surface area contributed by atoms with E-state index in [9.17, 15) is 9.59 Å². The number of hydrogen-bond acceptors (Lipinski definition) is 4. The van der Waals surface area contributed by atoms with E-state index in [1.807, 2.05) is 68.4 Å². The standard InChI is InChI=1S/C21H26N4O2/c1-14(2)19(22)20(26)23-16-13-25(15-9-5-4-6-10-15)18-12-8-7-11-17(18)24(3)21(16)27/h4-12,14,16,19H,13,22H2,1-3H3,(H,23,26)/t16?,19-/m0/s1. The number of likely N-dealkylation sites (N-methyl/N-ethyl adjacent to an activating group) is 1. The molecule has 1 unspecified atom stereocenters. The lowest BCUT2D eigenvalue weighted by Crippen LogP contribution is -2.55. The summed E-state index contributed by atoms with van der Waals surface area (Å²) in [5, 5.41) is 2.86. The minimum atomic E-state index is -0.695. The number of carbonyl (C=O) groups excluding carboxylic acids is 2. The molecule has 0 saturated carbocycles. The summed E-state index contributed by atoms with van der Waals surface area (Å²) in [5.74, 6) is -0.480. The van der Waals surface area contributed by atoms with Crippen LogP contribution < -0.4 is 20.9 Å². The Balaban J connectivity index is 1.99. The Kier molecular flexibility index (Phi) is 5.46. The van der Waals surface area contributed by atoms with Gasteiger partial charge in [0.2, 0.25) is 5.91 Å². The van der Waals surface area contributed by atoms with E-state index in [2.05, 4.69) is 10.2 Å². The number of nitrogens with zero attached hydrogens (tertiary/aromatic N) is 2. The zero-order valence-electron chi connectivity index (χ0n) is 15.9. The van der Waals surface area contributed by atoms with Crippen molar-refractivity contribution < 1.29 is 9.59 Å². The Bertz CT molecular complexity index is 822. The molecule has 6 nitrogen and oxygen atoms in total. The largest absolute Gasteiger partial charge is 0.341 e. The van der Waals surface area contributed by atoms with E-state index in [0.717, 1.165) is 17.1 Å². The summed E-state index contributed by atoms with van der Waals surface area (Å²) in [4.78, 5) is 29.2. The molecule has 6 heteroatoms. The quantitative estimate of drug-likeness (QED) is 0.870. The number of nitrogens with two attached hydrogens (primary N) is 1. The molecule has 1 aliphatic heterocycles. The fraction of sp³-hybridized carbons (Fsp3) is 0.333. The van der Waals surface area contributed by atoms with Gasteiger partial charge in [0.25, 0.3) is 5.91 Å². The molecule has 0 bridgehead atoms. The molecule has 0 aliphatic carbocycles. The van der Waals surface area contributed by atoms with Crippen molar-refractivity contribution in [2.75, 3.05) is 23.4 Å². The molecule has 2 aromatic rings. The Morgan fingerprint density at radius 2 is 1.67 bits per heavy atom. The van der Waals surface area contributed by atoms with E-state index in [0.29, 0.717) is 6.54 Å². The number of fused-ring (bicyclic) bond motifs is 1. The van der Waals surface area contributed by atoms with E-state index in [-0.39, 0.29) is 17.7 Å². The van der Waals surface area contributed by atoms with Crippen LogP contribution in [0.1, 0.15) is 13.8 Å². The third-order valence-electron chi connectivity index (χ3n) is 4.93. The van der Waals surface area contributed by atoms with Crippen LogP contribution in [0.2, 0.25) is 0 Å². The van der Waals surface area contributed by atoms with E-state index < -0.39 is 12.1 Å². The summed E-state index contributed by atoms with van der Waals surface area (Å²) < 4.78 is 0. The van der Waals surface area contributed by atoms with E-state index in [1.54, 1.807) is 11.9 Å². The molecule has 3 rings (SSSR count). The Hall–Kier alpha value is -2.86. The number of amides is 2. The molecule has 0 spiro atoms. The maximum Gasteiger partial charge on any atom is 0.251 e. The second-order valence-electron chi connectivity index (χ2n) is 7.16. The summed E-state index contributed by atoms with van der Waals surface area (Å²) in [7, 11) is 1.73. The maximum absolute atomic E-state index is 13.1. The first-order valence-corrected chi connectivity index (χ1v) is 9.15. The lowest BCUT2D eigenvalue weighted by Gasteiger charge is -2.27. The zero-order valence-corrected chi connectivity index (χ0v) is 15.9. The molecule has 3 N–H and O–H groups in total. The Morgan fingerprint density at radius 3 is 2.30 bits per heavy atom. The fourth-order valence-electron chi connectivity index (χ4n) is 3.22. The number of rotatable bonds is 4. The molecule has 2 aromatic carbocycles. The number of nitrogens with one attached hydrogen (secondary N) is 1. The van der Waals surface area contributed by atoms with Gasteiger partial charge in [0, 0.05) is 12.7 Å². The van der Waals surface area contributed by atoms with Crippen LogP contribution in [-0.2, 0) is 9.59 Å². The lowest BCUT2D eigenvalue weighted by atomic mass is 10.0. The first-order chi connectivity index (χ1) is 12.9. The number of hydrogen-bond donors (Lipinski definition) is 2. The summed E-state index contributed by atoms with van der Waals surface area (Å²) >= 11 is 0. The van der Waals surface area contributed by atoms with Crippen molar-refractivity contribution in [1.29, 1.82) is 0 Å². The van der Waals surface area contributed by atoms with Crippen LogP contribution in [0.4, 0.5) is 17.1 Å². The number of para-hydroxylation sites is 3. The van der Waals surface area contributed by atoms with Gasteiger partial charge in [-0.3, -0.25) is 9.59 Å². The molecule has 0 aromatic heterocycles. The molecular formula is C21H26N4O2. The van der Waals surface area contributed by atoms with Gasteiger partial charge in [-0.1, -0.05) is 44.2 Å². The predicted octanol–water partition coefficient (Wildman–Crippen LogP) is 2.27. The minimum Gasteiger partial charge on any atom is -0.341 e.